The van der Waals surface area contributed by atoms with E-state index in [9.17, 15) is 13.2 Å². The number of rotatable bonds is 3. The average molecular weight is 247 g/mol. The van der Waals surface area contributed by atoms with Gasteiger partial charge >= 0.3 is 6.36 Å². The van der Waals surface area contributed by atoms with Crippen molar-refractivity contribution in [3.05, 3.63) is 29.8 Å². The van der Waals surface area contributed by atoms with Crippen molar-refractivity contribution in [2.75, 3.05) is 13.1 Å². The lowest BCUT2D eigenvalue weighted by Gasteiger charge is -2.36. The van der Waals surface area contributed by atoms with Crippen LogP contribution in [0.1, 0.15) is 5.56 Å². The zero-order valence-corrected chi connectivity index (χ0v) is 8.94. The van der Waals surface area contributed by atoms with Crippen molar-refractivity contribution < 1.29 is 23.0 Å². The smallest absolute Gasteiger partial charge is 0.405 e. The maximum Gasteiger partial charge on any atom is 0.573 e. The highest BCUT2D eigenvalue weighted by molar-refractivity contribution is 5.33. The van der Waals surface area contributed by atoms with Crippen molar-refractivity contribution in [2.45, 2.75) is 19.0 Å². The molecule has 0 amide bonds. The van der Waals surface area contributed by atoms with E-state index in [1.165, 1.54) is 12.1 Å². The van der Waals surface area contributed by atoms with Gasteiger partial charge in [0.05, 0.1) is 6.10 Å². The van der Waals surface area contributed by atoms with E-state index in [1.807, 2.05) is 4.90 Å². The molecule has 6 heteroatoms. The lowest BCUT2D eigenvalue weighted by Crippen LogP contribution is -2.49. The van der Waals surface area contributed by atoms with Gasteiger partial charge in [-0.05, 0) is 6.07 Å². The number of β-amino-alcohol motifs (C(OH)–C–C–N with tert-alkyl or cyclic N) is 1. The van der Waals surface area contributed by atoms with Gasteiger partial charge in [0.15, 0.2) is 0 Å². The summed E-state index contributed by atoms with van der Waals surface area (Å²) in [7, 11) is 0. The zero-order chi connectivity index (χ0) is 12.5. The first-order valence-corrected chi connectivity index (χ1v) is 5.18. The van der Waals surface area contributed by atoms with E-state index in [1.54, 1.807) is 12.1 Å². The number of hydrogen-bond acceptors (Lipinski definition) is 3. The molecule has 1 saturated heterocycles. The van der Waals surface area contributed by atoms with Crippen LogP contribution >= 0.6 is 0 Å². The van der Waals surface area contributed by atoms with Crippen LogP contribution < -0.4 is 4.74 Å². The van der Waals surface area contributed by atoms with Crippen LogP contribution in [-0.2, 0) is 6.54 Å². The normalized spacial score (nSPS) is 17.9. The number of benzene rings is 1. The zero-order valence-electron chi connectivity index (χ0n) is 8.94. The van der Waals surface area contributed by atoms with E-state index >= 15 is 0 Å². The molecule has 17 heavy (non-hydrogen) atoms. The monoisotopic (exact) mass is 247 g/mol. The minimum Gasteiger partial charge on any atom is -0.405 e. The third kappa shape index (κ3) is 3.34. The summed E-state index contributed by atoms with van der Waals surface area (Å²) in [4.78, 5) is 1.85. The highest BCUT2D eigenvalue weighted by Crippen LogP contribution is 2.27. The largest absolute Gasteiger partial charge is 0.573 e. The Labute approximate surface area is 96.4 Å². The van der Waals surface area contributed by atoms with Crippen LogP contribution in [0.5, 0.6) is 5.75 Å². The summed E-state index contributed by atoms with van der Waals surface area (Å²) in [5.41, 5.74) is 0.469. The molecule has 1 aromatic carbocycles. The van der Waals surface area contributed by atoms with Crippen LogP contribution in [0, 0.1) is 0 Å². The summed E-state index contributed by atoms with van der Waals surface area (Å²) in [6.07, 6.45) is -5.05. The van der Waals surface area contributed by atoms with Crippen LogP contribution in [0.2, 0.25) is 0 Å². The Bertz CT molecular complexity index is 389. The van der Waals surface area contributed by atoms with E-state index < -0.39 is 6.36 Å². The van der Waals surface area contributed by atoms with Gasteiger partial charge in [0.25, 0.3) is 0 Å². The molecule has 1 aliphatic heterocycles. The first-order valence-electron chi connectivity index (χ1n) is 5.18. The predicted octanol–water partition coefficient (Wildman–Crippen LogP) is 1.76. The van der Waals surface area contributed by atoms with Gasteiger partial charge in [0.2, 0.25) is 0 Å². The Balaban J connectivity index is 2.05. The van der Waals surface area contributed by atoms with Crippen molar-refractivity contribution in [1.82, 2.24) is 4.90 Å². The molecule has 1 fully saturated rings. The predicted molar refractivity (Wildman–Crippen MR) is 54.4 cm³/mol. The number of aliphatic hydroxyl groups excluding tert-OH is 1. The molecule has 0 atom stereocenters. The summed E-state index contributed by atoms with van der Waals surface area (Å²) in [5.74, 6) is -0.179. The second-order valence-corrected chi connectivity index (χ2v) is 4.00. The number of nitrogens with zero attached hydrogens (tertiary/aromatic N) is 1. The first-order chi connectivity index (χ1) is 7.94. The Morgan fingerprint density at radius 3 is 2.53 bits per heavy atom. The maximum absolute atomic E-state index is 12.1. The van der Waals surface area contributed by atoms with Gasteiger partial charge in [-0.15, -0.1) is 13.2 Å². The van der Waals surface area contributed by atoms with E-state index in [0.29, 0.717) is 25.2 Å². The van der Waals surface area contributed by atoms with Gasteiger partial charge in [0, 0.05) is 25.2 Å². The summed E-state index contributed by atoms with van der Waals surface area (Å²) < 4.78 is 40.4. The van der Waals surface area contributed by atoms with Crippen molar-refractivity contribution in [1.29, 1.82) is 0 Å². The van der Waals surface area contributed by atoms with E-state index in [-0.39, 0.29) is 11.9 Å². The Morgan fingerprint density at radius 1 is 1.29 bits per heavy atom. The van der Waals surface area contributed by atoms with Crippen molar-refractivity contribution in [3.8, 4) is 5.75 Å². The molecule has 94 valence electrons. The summed E-state index contributed by atoms with van der Waals surface area (Å²) in [6, 6.07) is 6.04. The van der Waals surface area contributed by atoms with E-state index in [4.69, 9.17) is 5.11 Å². The molecular weight excluding hydrogens is 235 g/mol. The number of halogens is 3. The van der Waals surface area contributed by atoms with Gasteiger partial charge in [-0.3, -0.25) is 4.90 Å². The molecule has 0 bridgehead atoms. The molecule has 0 aliphatic carbocycles. The van der Waals surface area contributed by atoms with E-state index in [0.717, 1.165) is 0 Å². The Kier molecular flexibility index (Phi) is 3.26. The lowest BCUT2D eigenvalue weighted by atomic mass is 10.1. The Morgan fingerprint density at radius 2 is 1.94 bits per heavy atom. The molecule has 0 radical (unpaired) electrons. The van der Waals surface area contributed by atoms with Crippen molar-refractivity contribution >= 4 is 0 Å². The third-order valence-electron chi connectivity index (χ3n) is 2.53. The quantitative estimate of drug-likeness (QED) is 0.883. The van der Waals surface area contributed by atoms with Crippen LogP contribution in [0.4, 0.5) is 13.2 Å². The topological polar surface area (TPSA) is 32.7 Å². The molecular formula is C11H12F3NO2. The Hall–Kier alpha value is -1.27. The van der Waals surface area contributed by atoms with Gasteiger partial charge < -0.3 is 9.84 Å². The van der Waals surface area contributed by atoms with Crippen LogP contribution in [0.25, 0.3) is 0 Å². The molecule has 0 aromatic heterocycles. The molecule has 3 nitrogen and oxygen atoms in total. The maximum atomic E-state index is 12.1. The molecule has 2 rings (SSSR count). The van der Waals surface area contributed by atoms with Gasteiger partial charge in [0.1, 0.15) is 5.75 Å². The number of aliphatic hydroxyl groups is 1. The molecule has 1 aliphatic rings. The number of alkyl halides is 3. The number of para-hydroxylation sites is 1. The molecule has 1 N–H and O–H groups in total. The van der Waals surface area contributed by atoms with Gasteiger partial charge in [-0.25, -0.2) is 0 Å². The molecule has 0 unspecified atom stereocenters. The highest BCUT2D eigenvalue weighted by atomic mass is 19.4. The minimum atomic E-state index is -4.68. The van der Waals surface area contributed by atoms with Gasteiger partial charge in [-0.2, -0.15) is 0 Å². The summed E-state index contributed by atoms with van der Waals surface area (Å²) in [5, 5.41) is 9.10. The fourth-order valence-corrected chi connectivity index (χ4v) is 1.77. The molecule has 0 spiro atoms. The van der Waals surface area contributed by atoms with Crippen LogP contribution in [0.3, 0.4) is 0 Å². The lowest BCUT2D eigenvalue weighted by molar-refractivity contribution is -0.275. The van der Waals surface area contributed by atoms with Crippen molar-refractivity contribution in [3.63, 3.8) is 0 Å². The third-order valence-corrected chi connectivity index (χ3v) is 2.53. The fraction of sp³-hybridized carbons (Fsp3) is 0.455. The second-order valence-electron chi connectivity index (χ2n) is 4.00. The van der Waals surface area contributed by atoms with Crippen LogP contribution in [0.15, 0.2) is 24.3 Å². The van der Waals surface area contributed by atoms with Crippen molar-refractivity contribution in [2.24, 2.45) is 0 Å². The molecule has 1 aromatic rings. The summed E-state index contributed by atoms with van der Waals surface area (Å²) >= 11 is 0. The van der Waals surface area contributed by atoms with Crippen LogP contribution in [-0.4, -0.2) is 35.6 Å². The number of hydrogen-bond donors (Lipinski definition) is 1. The SMILES string of the molecule is OC1CN(Cc2ccccc2OC(F)(F)F)C1. The van der Waals surface area contributed by atoms with Gasteiger partial charge in [-0.1, -0.05) is 18.2 Å². The minimum absolute atomic E-state index is 0.179. The molecule has 1 heterocycles. The molecule has 0 saturated carbocycles. The number of likely N-dealkylation sites (tertiary alicyclic amines) is 1. The second kappa shape index (κ2) is 4.54. The fourth-order valence-electron chi connectivity index (χ4n) is 1.77. The average Bonchev–Trinajstić information content (AvgIpc) is 2.16. The standard InChI is InChI=1S/C11H12F3NO2/c12-11(13,14)17-10-4-2-1-3-8(10)5-15-6-9(16)7-15/h1-4,9,16H,5-7H2. The number of ether oxygens (including phenoxy) is 1. The van der Waals surface area contributed by atoms with E-state index in [2.05, 4.69) is 4.74 Å². The first kappa shape index (κ1) is 12.2. The summed E-state index contributed by atoms with van der Waals surface area (Å²) in [6.45, 7) is 1.32. The highest BCUT2D eigenvalue weighted by Gasteiger charge is 2.32.